The van der Waals surface area contributed by atoms with Crippen molar-refractivity contribution in [2.45, 2.75) is 38.8 Å². The minimum Gasteiger partial charge on any atom is -0.444 e. The van der Waals surface area contributed by atoms with Gasteiger partial charge >= 0.3 is 6.09 Å². The fourth-order valence-electron chi connectivity index (χ4n) is 2.31. The lowest BCUT2D eigenvalue weighted by Crippen LogP contribution is -2.45. The van der Waals surface area contributed by atoms with Gasteiger partial charge in [0.1, 0.15) is 9.94 Å². The summed E-state index contributed by atoms with van der Waals surface area (Å²) < 4.78 is 6.47. The number of benzene rings is 1. The molecule has 0 saturated carbocycles. The van der Waals surface area contributed by atoms with Crippen molar-refractivity contribution in [1.29, 1.82) is 0 Å². The van der Waals surface area contributed by atoms with Gasteiger partial charge in [-0.05, 0) is 54.8 Å². The van der Waals surface area contributed by atoms with Crippen LogP contribution in [0.1, 0.15) is 36.0 Å². The summed E-state index contributed by atoms with van der Waals surface area (Å²) in [7, 11) is 0. The Kier molecular flexibility index (Phi) is 7.70. The first kappa shape index (κ1) is 21.7. The first-order valence-corrected chi connectivity index (χ1v) is 10.4. The summed E-state index contributed by atoms with van der Waals surface area (Å²) in [4.78, 5) is 25.0. The molecule has 146 valence electrons. The van der Waals surface area contributed by atoms with Crippen molar-refractivity contribution in [1.82, 2.24) is 10.6 Å². The maximum absolute atomic E-state index is 12.6. The smallest absolute Gasteiger partial charge is 0.407 e. The molecule has 27 heavy (non-hydrogen) atoms. The summed E-state index contributed by atoms with van der Waals surface area (Å²) in [6, 6.07) is 11.1. The zero-order valence-corrected chi connectivity index (χ0v) is 18.5. The highest BCUT2D eigenvalue weighted by Crippen LogP contribution is 2.31. The van der Waals surface area contributed by atoms with Crippen LogP contribution < -0.4 is 10.6 Å². The van der Waals surface area contributed by atoms with Gasteiger partial charge in [-0.15, -0.1) is 11.3 Å². The number of amides is 2. The molecule has 0 fully saturated rings. The van der Waals surface area contributed by atoms with E-state index in [4.69, 9.17) is 16.3 Å². The van der Waals surface area contributed by atoms with Crippen LogP contribution in [-0.4, -0.2) is 30.2 Å². The molecular weight excluding hydrogens is 452 g/mol. The molecule has 1 aromatic carbocycles. The van der Waals surface area contributed by atoms with E-state index in [1.165, 1.54) is 11.3 Å². The predicted octanol–water partition coefficient (Wildman–Crippen LogP) is 5.03. The Hall–Kier alpha value is -1.57. The number of hydrogen-bond acceptors (Lipinski definition) is 4. The number of ether oxygens (including phenoxy) is 1. The van der Waals surface area contributed by atoms with Crippen molar-refractivity contribution in [2.75, 3.05) is 6.54 Å². The van der Waals surface area contributed by atoms with Crippen LogP contribution in [0, 0.1) is 0 Å². The third kappa shape index (κ3) is 7.52. The highest BCUT2D eigenvalue weighted by molar-refractivity contribution is 9.10. The van der Waals surface area contributed by atoms with Gasteiger partial charge in [-0.3, -0.25) is 4.79 Å². The summed E-state index contributed by atoms with van der Waals surface area (Å²) in [5.74, 6) is -0.237. The van der Waals surface area contributed by atoms with Gasteiger partial charge in [0.2, 0.25) is 0 Å². The molecule has 2 rings (SSSR count). The third-order valence-electron chi connectivity index (χ3n) is 3.42. The van der Waals surface area contributed by atoms with Crippen LogP contribution in [0.25, 0.3) is 0 Å². The Labute approximate surface area is 176 Å². The number of alkyl carbamates (subject to hydrolysis) is 1. The van der Waals surface area contributed by atoms with Gasteiger partial charge in [0.25, 0.3) is 5.91 Å². The fraction of sp³-hybridized carbons (Fsp3) is 0.368. The van der Waals surface area contributed by atoms with Gasteiger partial charge < -0.3 is 15.4 Å². The summed E-state index contributed by atoms with van der Waals surface area (Å²) in [5.41, 5.74) is 0.474. The van der Waals surface area contributed by atoms with Crippen LogP contribution in [0.3, 0.4) is 0 Å². The average molecular weight is 474 g/mol. The van der Waals surface area contributed by atoms with Gasteiger partial charge in [0.05, 0.1) is 10.9 Å². The van der Waals surface area contributed by atoms with Crippen LogP contribution in [0.5, 0.6) is 0 Å². The summed E-state index contributed by atoms with van der Waals surface area (Å²) >= 11 is 10.5. The zero-order chi connectivity index (χ0) is 20.0. The van der Waals surface area contributed by atoms with Gasteiger partial charge in [0, 0.05) is 11.0 Å². The van der Waals surface area contributed by atoms with Crippen molar-refractivity contribution in [2.24, 2.45) is 0 Å². The Morgan fingerprint density at radius 3 is 2.48 bits per heavy atom. The summed E-state index contributed by atoms with van der Waals surface area (Å²) in [6.45, 7) is 5.65. The molecule has 0 spiro atoms. The second kappa shape index (κ2) is 9.57. The van der Waals surface area contributed by atoms with Crippen LogP contribution in [-0.2, 0) is 11.2 Å². The molecule has 2 amide bonds. The van der Waals surface area contributed by atoms with Crippen molar-refractivity contribution in [3.05, 3.63) is 55.6 Å². The van der Waals surface area contributed by atoms with Gasteiger partial charge in [0.15, 0.2) is 0 Å². The largest absolute Gasteiger partial charge is 0.444 e. The van der Waals surface area contributed by atoms with Crippen LogP contribution in [0.2, 0.25) is 4.34 Å². The monoisotopic (exact) mass is 472 g/mol. The lowest BCUT2D eigenvalue weighted by Gasteiger charge is -2.22. The maximum Gasteiger partial charge on any atom is 0.407 e. The second-order valence-corrected chi connectivity index (χ2v) is 9.48. The average Bonchev–Trinajstić information content (AvgIpc) is 2.91. The standard InChI is InChI=1S/C19H22BrClN2O3S/c1-19(2,3)26-18(25)22-11-13(9-12-7-5-4-6-8-12)23-17(24)15-10-14(20)16(21)27-15/h4-8,10,13H,9,11H2,1-3H3,(H,22,25)(H,23,24). The molecule has 1 unspecified atom stereocenters. The van der Waals surface area contributed by atoms with E-state index in [-0.39, 0.29) is 18.5 Å². The van der Waals surface area contributed by atoms with Gasteiger partial charge in [-0.2, -0.15) is 0 Å². The van der Waals surface area contributed by atoms with E-state index in [1.54, 1.807) is 26.8 Å². The first-order valence-electron chi connectivity index (χ1n) is 8.40. The quantitative estimate of drug-likeness (QED) is 0.618. The molecule has 2 N–H and O–H groups in total. The van der Waals surface area contributed by atoms with Gasteiger partial charge in [-0.25, -0.2) is 4.79 Å². The van der Waals surface area contributed by atoms with E-state index < -0.39 is 11.7 Å². The molecule has 2 aromatic rings. The number of nitrogens with one attached hydrogen (secondary N) is 2. The predicted molar refractivity (Wildman–Crippen MR) is 113 cm³/mol. The molecular formula is C19H22BrClN2O3S. The summed E-state index contributed by atoms with van der Waals surface area (Å²) in [6.07, 6.45) is 0.0552. The molecule has 0 bridgehead atoms. The molecule has 0 radical (unpaired) electrons. The molecule has 8 heteroatoms. The molecule has 1 heterocycles. The lowest BCUT2D eigenvalue weighted by atomic mass is 10.1. The Bertz CT molecular complexity index is 770. The number of halogens is 2. The Balaban J connectivity index is 2.04. The molecule has 1 atom stereocenters. The van der Waals surface area contributed by atoms with Crippen molar-refractivity contribution in [3.63, 3.8) is 0 Å². The SMILES string of the molecule is CC(C)(C)OC(=O)NCC(Cc1ccccc1)NC(=O)c1cc(Br)c(Cl)s1. The number of thiophene rings is 1. The minimum atomic E-state index is -0.581. The molecule has 1 aromatic heterocycles. The molecule has 0 aliphatic rings. The van der Waals surface area contributed by atoms with E-state index in [2.05, 4.69) is 26.6 Å². The number of carbonyl (C=O) groups is 2. The lowest BCUT2D eigenvalue weighted by molar-refractivity contribution is 0.0520. The van der Waals surface area contributed by atoms with Crippen LogP contribution >= 0.6 is 38.9 Å². The highest BCUT2D eigenvalue weighted by Gasteiger charge is 2.20. The normalized spacial score (nSPS) is 12.3. The first-order chi connectivity index (χ1) is 12.6. The van der Waals surface area contributed by atoms with E-state index in [9.17, 15) is 9.59 Å². The van der Waals surface area contributed by atoms with Crippen molar-refractivity contribution >= 4 is 50.9 Å². The minimum absolute atomic E-state index is 0.237. The maximum atomic E-state index is 12.6. The van der Waals surface area contributed by atoms with E-state index in [1.807, 2.05) is 30.3 Å². The molecule has 5 nitrogen and oxygen atoms in total. The topological polar surface area (TPSA) is 67.4 Å². The molecule has 0 aliphatic carbocycles. The second-order valence-electron chi connectivity index (χ2n) is 6.98. The fourth-order valence-corrected chi connectivity index (χ4v) is 3.91. The van der Waals surface area contributed by atoms with Gasteiger partial charge in [-0.1, -0.05) is 41.9 Å². The van der Waals surface area contributed by atoms with Crippen LogP contribution in [0.4, 0.5) is 4.79 Å². The van der Waals surface area contributed by atoms with E-state index in [0.717, 1.165) is 5.56 Å². The Morgan fingerprint density at radius 2 is 1.93 bits per heavy atom. The molecule has 0 aliphatic heterocycles. The number of carbonyl (C=O) groups excluding carboxylic acids is 2. The van der Waals surface area contributed by atoms with Crippen LogP contribution in [0.15, 0.2) is 40.9 Å². The number of rotatable bonds is 6. The molecule has 0 saturated heterocycles. The summed E-state index contributed by atoms with van der Waals surface area (Å²) in [5, 5.41) is 5.69. The zero-order valence-electron chi connectivity index (χ0n) is 15.3. The third-order valence-corrected chi connectivity index (χ3v) is 5.89. The Morgan fingerprint density at radius 1 is 1.26 bits per heavy atom. The van der Waals surface area contributed by atoms with E-state index >= 15 is 0 Å². The number of hydrogen-bond donors (Lipinski definition) is 2. The van der Waals surface area contributed by atoms with Crippen molar-refractivity contribution in [3.8, 4) is 0 Å². The van der Waals surface area contributed by atoms with E-state index in [0.29, 0.717) is 20.1 Å². The van der Waals surface area contributed by atoms with Crippen molar-refractivity contribution < 1.29 is 14.3 Å². The highest BCUT2D eigenvalue weighted by atomic mass is 79.9.